The molecular weight excluding hydrogens is 789 g/mol. The summed E-state index contributed by atoms with van der Waals surface area (Å²) in [5, 5.41) is 13.7. The van der Waals surface area contributed by atoms with Crippen LogP contribution in [0, 0.1) is 0 Å². The minimum atomic E-state index is 0.585. The van der Waals surface area contributed by atoms with Gasteiger partial charge in [0.2, 0.25) is 0 Å². The molecule has 63 heavy (non-hydrogen) atoms. The van der Waals surface area contributed by atoms with Crippen LogP contribution in [0.2, 0.25) is 0 Å². The summed E-state index contributed by atoms with van der Waals surface area (Å²) in [6, 6.07) is 69.1. The third kappa shape index (κ3) is 5.13. The zero-order valence-electron chi connectivity index (χ0n) is 33.6. The van der Waals surface area contributed by atoms with E-state index in [-0.39, 0.29) is 0 Å². The summed E-state index contributed by atoms with van der Waals surface area (Å²) in [4.78, 5) is 16.2. The van der Waals surface area contributed by atoms with Gasteiger partial charge in [-0.15, -0.1) is 11.3 Å². The summed E-state index contributed by atoms with van der Waals surface area (Å²) >= 11 is 1.79. The van der Waals surface area contributed by atoms with Crippen LogP contribution in [0.15, 0.2) is 199 Å². The van der Waals surface area contributed by atoms with Crippen molar-refractivity contribution in [3.63, 3.8) is 0 Å². The number of rotatable bonds is 4. The highest BCUT2D eigenvalue weighted by atomic mass is 32.1. The molecule has 4 aromatic heterocycles. The summed E-state index contributed by atoms with van der Waals surface area (Å²) in [7, 11) is 0. The fraction of sp³-hybridized carbons (Fsp3) is 0. The number of para-hydroxylation sites is 1. The quantitative estimate of drug-likeness (QED) is 0.177. The minimum absolute atomic E-state index is 0.585. The van der Waals surface area contributed by atoms with Crippen molar-refractivity contribution in [1.29, 1.82) is 0 Å². The predicted octanol–water partition coefficient (Wildman–Crippen LogP) is 15.7. The van der Waals surface area contributed by atoms with Crippen molar-refractivity contribution in [2.24, 2.45) is 0 Å². The fourth-order valence-corrected chi connectivity index (χ4v) is 11.1. The molecule has 14 rings (SSSR count). The molecule has 0 bridgehead atoms. The Kier molecular flexibility index (Phi) is 7.21. The van der Waals surface area contributed by atoms with Crippen LogP contribution in [0.5, 0.6) is 0 Å². The number of fused-ring (bicyclic) bond motifs is 12. The van der Waals surface area contributed by atoms with Crippen molar-refractivity contribution < 1.29 is 4.42 Å². The lowest BCUT2D eigenvalue weighted by Gasteiger charge is -2.14. The molecule has 14 aromatic rings. The monoisotopic (exact) mass is 820 g/mol. The SMILES string of the molecule is c1ccc2cc3c(cc2c1)c1cc2ccccc2cc1n3-c1ccc(-c2nc(-c3cccc4ccccc34)nc(-c3cccc4sc5ccccc5c34)n2)c2c1oc1ccccc12. The lowest BCUT2D eigenvalue weighted by Crippen LogP contribution is -2.02. The van der Waals surface area contributed by atoms with Gasteiger partial charge in [-0.25, -0.2) is 15.0 Å². The van der Waals surface area contributed by atoms with Crippen molar-refractivity contribution in [3.05, 3.63) is 194 Å². The average Bonchev–Trinajstić information content (AvgIpc) is 4.02. The number of thiophene rings is 1. The third-order valence-corrected chi connectivity index (χ3v) is 13.9. The van der Waals surface area contributed by atoms with E-state index >= 15 is 0 Å². The first-order valence-electron chi connectivity index (χ1n) is 21.2. The Morgan fingerprint density at radius 1 is 0.365 bits per heavy atom. The van der Waals surface area contributed by atoms with Crippen molar-refractivity contribution in [3.8, 4) is 39.9 Å². The van der Waals surface area contributed by atoms with Crippen LogP contribution in [0.25, 0.3) is 136 Å². The van der Waals surface area contributed by atoms with Gasteiger partial charge in [-0.3, -0.25) is 0 Å². The van der Waals surface area contributed by atoms with Gasteiger partial charge < -0.3 is 8.98 Å². The molecule has 0 atom stereocenters. The third-order valence-electron chi connectivity index (χ3n) is 12.8. The molecule has 0 amide bonds. The molecule has 6 heteroatoms. The normalized spacial score (nSPS) is 12.1. The van der Waals surface area contributed by atoms with Gasteiger partial charge in [0.25, 0.3) is 0 Å². The Labute approximate surface area is 363 Å². The smallest absolute Gasteiger partial charge is 0.164 e. The van der Waals surface area contributed by atoms with E-state index in [0.717, 1.165) is 71.5 Å². The van der Waals surface area contributed by atoms with Crippen LogP contribution < -0.4 is 0 Å². The minimum Gasteiger partial charge on any atom is -0.454 e. The predicted molar refractivity (Wildman–Crippen MR) is 263 cm³/mol. The Morgan fingerprint density at radius 3 is 1.59 bits per heavy atom. The molecule has 0 aliphatic rings. The Bertz CT molecular complexity index is 4130. The molecular formula is C57H32N4OS. The van der Waals surface area contributed by atoms with E-state index < -0.39 is 0 Å². The van der Waals surface area contributed by atoms with E-state index in [4.69, 9.17) is 19.4 Å². The molecule has 0 unspecified atom stereocenters. The van der Waals surface area contributed by atoms with Gasteiger partial charge in [-0.2, -0.15) is 0 Å². The molecule has 0 aliphatic carbocycles. The molecule has 4 heterocycles. The lowest BCUT2D eigenvalue weighted by atomic mass is 10.0. The van der Waals surface area contributed by atoms with Crippen molar-refractivity contribution >= 4 is 108 Å². The molecule has 0 fully saturated rings. The van der Waals surface area contributed by atoms with Gasteiger partial charge in [-0.05, 0) is 86.9 Å². The van der Waals surface area contributed by atoms with Crippen molar-refractivity contribution in [1.82, 2.24) is 19.5 Å². The Morgan fingerprint density at radius 2 is 0.873 bits per heavy atom. The van der Waals surface area contributed by atoms with E-state index in [1.54, 1.807) is 11.3 Å². The molecule has 0 saturated heterocycles. The summed E-state index contributed by atoms with van der Waals surface area (Å²) < 4.78 is 11.9. The van der Waals surface area contributed by atoms with Crippen LogP contribution in [-0.2, 0) is 0 Å². The molecule has 5 nitrogen and oxygen atoms in total. The Balaban J connectivity index is 1.09. The van der Waals surface area contributed by atoms with Gasteiger partial charge in [0.1, 0.15) is 5.58 Å². The Hall–Kier alpha value is -8.19. The number of aromatic nitrogens is 4. The van der Waals surface area contributed by atoms with Gasteiger partial charge in [0.05, 0.1) is 16.7 Å². The van der Waals surface area contributed by atoms with E-state index in [9.17, 15) is 0 Å². The second kappa shape index (κ2) is 13.2. The topological polar surface area (TPSA) is 56.7 Å². The molecule has 0 aliphatic heterocycles. The van der Waals surface area contributed by atoms with Gasteiger partial charge in [0, 0.05) is 58.4 Å². The molecule has 0 spiro atoms. The van der Waals surface area contributed by atoms with Gasteiger partial charge in [0.15, 0.2) is 23.1 Å². The van der Waals surface area contributed by atoms with Crippen LogP contribution >= 0.6 is 11.3 Å². The number of benzene rings is 10. The number of hydrogen-bond acceptors (Lipinski definition) is 5. The molecule has 0 saturated carbocycles. The van der Waals surface area contributed by atoms with E-state index in [1.807, 2.05) is 6.07 Å². The summed E-state index contributed by atoms with van der Waals surface area (Å²) in [6.07, 6.45) is 0. The first-order chi connectivity index (χ1) is 31.2. The van der Waals surface area contributed by atoms with Crippen molar-refractivity contribution in [2.75, 3.05) is 0 Å². The largest absolute Gasteiger partial charge is 0.454 e. The van der Waals surface area contributed by atoms with Crippen LogP contribution in [0.3, 0.4) is 0 Å². The zero-order chi connectivity index (χ0) is 41.2. The summed E-state index contributed by atoms with van der Waals surface area (Å²) in [6.45, 7) is 0. The molecule has 292 valence electrons. The van der Waals surface area contributed by atoms with Gasteiger partial charge >= 0.3 is 0 Å². The maximum absolute atomic E-state index is 7.03. The number of hydrogen-bond donors (Lipinski definition) is 0. The number of nitrogens with zero attached hydrogens (tertiary/aromatic N) is 4. The van der Waals surface area contributed by atoms with E-state index in [1.165, 1.54) is 47.1 Å². The highest BCUT2D eigenvalue weighted by Gasteiger charge is 2.24. The molecule has 0 N–H and O–H groups in total. The summed E-state index contributed by atoms with van der Waals surface area (Å²) in [5.41, 5.74) is 7.57. The van der Waals surface area contributed by atoms with Crippen molar-refractivity contribution in [2.45, 2.75) is 0 Å². The highest BCUT2D eigenvalue weighted by Crippen LogP contribution is 2.45. The van der Waals surface area contributed by atoms with Crippen LogP contribution in [-0.4, -0.2) is 19.5 Å². The maximum Gasteiger partial charge on any atom is 0.164 e. The average molecular weight is 821 g/mol. The molecule has 0 radical (unpaired) electrons. The molecule has 10 aromatic carbocycles. The number of furan rings is 1. The van der Waals surface area contributed by atoms with Crippen LogP contribution in [0.1, 0.15) is 0 Å². The maximum atomic E-state index is 7.03. The first-order valence-corrected chi connectivity index (χ1v) is 22.0. The first kappa shape index (κ1) is 34.5. The van der Waals surface area contributed by atoms with E-state index in [0.29, 0.717) is 17.5 Å². The fourth-order valence-electron chi connectivity index (χ4n) is 9.94. The van der Waals surface area contributed by atoms with Crippen LogP contribution in [0.4, 0.5) is 0 Å². The second-order valence-corrected chi connectivity index (χ2v) is 17.4. The lowest BCUT2D eigenvalue weighted by molar-refractivity contribution is 0.666. The highest BCUT2D eigenvalue weighted by molar-refractivity contribution is 7.25. The van der Waals surface area contributed by atoms with E-state index in [2.05, 4.69) is 193 Å². The zero-order valence-corrected chi connectivity index (χ0v) is 34.4. The summed E-state index contributed by atoms with van der Waals surface area (Å²) in [5.74, 6) is 1.83. The second-order valence-electron chi connectivity index (χ2n) is 16.3. The standard InChI is InChI=1S/C57H32N4OS/c1-3-16-36-31-47-44(29-34(36)14-1)45-30-35-15-2-4-17-37(35)32-48(45)61(47)46-28-27-43(53-40-20-7-9-24-49(40)62-54(46)53)57-59-55(39-22-11-18-33-13-5-6-19-38(33)39)58-56(60-57)42-23-12-26-51-52(42)41-21-8-10-25-50(41)63-51/h1-32H. The van der Waals surface area contributed by atoms with Gasteiger partial charge in [-0.1, -0.05) is 140 Å².